The first-order valence-corrected chi connectivity index (χ1v) is 7.73. The van der Waals surface area contributed by atoms with Crippen LogP contribution in [0.25, 0.3) is 0 Å². The summed E-state index contributed by atoms with van der Waals surface area (Å²) in [5, 5.41) is 20.8. The zero-order valence-electron chi connectivity index (χ0n) is 13.0. The monoisotopic (exact) mass is 316 g/mol. The number of carbonyl (C=O) groups excluding carboxylic acids is 1. The van der Waals surface area contributed by atoms with E-state index < -0.39 is 5.60 Å². The highest BCUT2D eigenvalue weighted by molar-refractivity contribution is 5.94. The maximum Gasteiger partial charge on any atom is 0.254 e. The molecule has 7 heteroatoms. The Labute approximate surface area is 134 Å². The van der Waals surface area contributed by atoms with Gasteiger partial charge in [0.2, 0.25) is 0 Å². The normalized spacial score (nSPS) is 20.7. The number of nitrogens with one attached hydrogen (secondary N) is 1. The molecule has 1 aliphatic heterocycles. The van der Waals surface area contributed by atoms with Crippen LogP contribution in [0.5, 0.6) is 5.75 Å². The van der Waals surface area contributed by atoms with Gasteiger partial charge in [-0.15, -0.1) is 0 Å². The molecular formula is C16H20N4O3. The summed E-state index contributed by atoms with van der Waals surface area (Å²) in [6.07, 6.45) is 2.85. The molecule has 1 fully saturated rings. The molecule has 0 bridgehead atoms. The Kier molecular flexibility index (Phi) is 4.29. The van der Waals surface area contributed by atoms with Crippen LogP contribution in [0, 0.1) is 0 Å². The zero-order chi connectivity index (χ0) is 16.3. The van der Waals surface area contributed by atoms with Gasteiger partial charge in [-0.3, -0.25) is 4.79 Å². The van der Waals surface area contributed by atoms with Gasteiger partial charge in [0.15, 0.2) is 0 Å². The van der Waals surface area contributed by atoms with Crippen molar-refractivity contribution in [2.24, 2.45) is 0 Å². The molecule has 1 aromatic heterocycles. The Morgan fingerprint density at radius 1 is 1.52 bits per heavy atom. The van der Waals surface area contributed by atoms with Crippen molar-refractivity contribution in [3.8, 4) is 5.75 Å². The predicted octanol–water partition coefficient (Wildman–Crippen LogP) is 1.33. The summed E-state index contributed by atoms with van der Waals surface area (Å²) in [6, 6.07) is 7.14. The lowest BCUT2D eigenvalue weighted by molar-refractivity contribution is 0.0382. The Morgan fingerprint density at radius 2 is 2.39 bits per heavy atom. The maximum absolute atomic E-state index is 12.6. The highest BCUT2D eigenvalue weighted by atomic mass is 16.5. The summed E-state index contributed by atoms with van der Waals surface area (Å²) >= 11 is 0. The fraction of sp³-hybridized carbons (Fsp3) is 0.438. The molecule has 1 amide bonds. The van der Waals surface area contributed by atoms with Gasteiger partial charge in [-0.25, -0.2) is 0 Å². The Bertz CT molecular complexity index is 674. The number of amides is 1. The Morgan fingerprint density at radius 3 is 3.13 bits per heavy atom. The molecule has 2 heterocycles. The molecule has 1 aromatic carbocycles. The van der Waals surface area contributed by atoms with Crippen molar-refractivity contribution in [2.75, 3.05) is 19.7 Å². The summed E-state index contributed by atoms with van der Waals surface area (Å²) in [5.74, 6) is 0.565. The molecule has 0 radical (unpaired) electrons. The second-order valence-electron chi connectivity index (χ2n) is 5.74. The molecule has 23 heavy (non-hydrogen) atoms. The minimum absolute atomic E-state index is 0.119. The molecule has 1 atom stereocenters. The van der Waals surface area contributed by atoms with Crippen LogP contribution < -0.4 is 4.74 Å². The minimum Gasteiger partial charge on any atom is -0.494 e. The number of ether oxygens (including phenoxy) is 1. The standard InChI is InChI=1S/C16H20N4O3/c1-2-8-23-13-5-3-4-12(9-13)15(21)20-7-6-16(22,11-20)14-10-17-19-18-14/h3-5,9-10,22H,2,6-8,11H2,1H3,(H,17,18,19)/t16-/m1/s1. The minimum atomic E-state index is -1.14. The summed E-state index contributed by atoms with van der Waals surface area (Å²) in [6.45, 7) is 3.33. The smallest absolute Gasteiger partial charge is 0.254 e. The first-order chi connectivity index (χ1) is 11.1. The molecule has 1 aliphatic rings. The van der Waals surface area contributed by atoms with Crippen molar-refractivity contribution < 1.29 is 14.6 Å². The van der Waals surface area contributed by atoms with Crippen LogP contribution in [-0.2, 0) is 5.60 Å². The van der Waals surface area contributed by atoms with E-state index in [1.165, 1.54) is 6.20 Å². The van der Waals surface area contributed by atoms with Crippen LogP contribution in [0.15, 0.2) is 30.5 Å². The lowest BCUT2D eigenvalue weighted by Gasteiger charge is -2.21. The number of aromatic amines is 1. The number of H-pyrrole nitrogens is 1. The van der Waals surface area contributed by atoms with Crippen LogP contribution in [-0.4, -0.2) is 51.0 Å². The number of aromatic nitrogens is 3. The SMILES string of the molecule is CCCOc1cccc(C(=O)N2CC[C@](O)(c3cn[nH]n3)C2)c1. The van der Waals surface area contributed by atoms with Gasteiger partial charge in [0.25, 0.3) is 5.91 Å². The number of benzene rings is 1. The molecule has 0 saturated carbocycles. The van der Waals surface area contributed by atoms with E-state index in [1.54, 1.807) is 23.1 Å². The molecule has 0 spiro atoms. The quantitative estimate of drug-likeness (QED) is 0.868. The number of β-amino-alcohol motifs (C(OH)–C–C–N with tert-alkyl or cyclic N) is 1. The zero-order valence-corrected chi connectivity index (χ0v) is 13.0. The van der Waals surface area contributed by atoms with Gasteiger partial charge >= 0.3 is 0 Å². The van der Waals surface area contributed by atoms with Gasteiger partial charge in [0.05, 0.1) is 19.3 Å². The summed E-state index contributed by atoms with van der Waals surface area (Å²) < 4.78 is 5.57. The second-order valence-corrected chi connectivity index (χ2v) is 5.74. The average Bonchev–Trinajstić information content (AvgIpc) is 3.23. The number of likely N-dealkylation sites (tertiary alicyclic amines) is 1. The highest BCUT2D eigenvalue weighted by Crippen LogP contribution is 2.31. The molecule has 0 unspecified atom stereocenters. The summed E-state index contributed by atoms with van der Waals surface area (Å²) in [5.41, 5.74) is -0.116. The van der Waals surface area contributed by atoms with Crippen molar-refractivity contribution in [3.63, 3.8) is 0 Å². The number of aliphatic hydroxyl groups is 1. The fourth-order valence-electron chi connectivity index (χ4n) is 2.72. The van der Waals surface area contributed by atoms with E-state index in [1.807, 2.05) is 13.0 Å². The molecule has 1 saturated heterocycles. The first-order valence-electron chi connectivity index (χ1n) is 7.73. The molecule has 7 nitrogen and oxygen atoms in total. The third-order valence-corrected chi connectivity index (χ3v) is 3.98. The van der Waals surface area contributed by atoms with E-state index in [0.717, 1.165) is 6.42 Å². The van der Waals surface area contributed by atoms with Gasteiger partial charge in [-0.2, -0.15) is 15.4 Å². The van der Waals surface area contributed by atoms with Crippen LogP contribution in [0.2, 0.25) is 0 Å². The third-order valence-electron chi connectivity index (χ3n) is 3.98. The van der Waals surface area contributed by atoms with Gasteiger partial charge < -0.3 is 14.7 Å². The van der Waals surface area contributed by atoms with E-state index in [9.17, 15) is 9.90 Å². The van der Waals surface area contributed by atoms with Crippen LogP contribution in [0.4, 0.5) is 0 Å². The van der Waals surface area contributed by atoms with Crippen molar-refractivity contribution in [3.05, 3.63) is 41.7 Å². The van der Waals surface area contributed by atoms with Gasteiger partial charge in [0, 0.05) is 18.5 Å². The van der Waals surface area contributed by atoms with Crippen molar-refractivity contribution in [1.82, 2.24) is 20.3 Å². The number of nitrogens with zero attached hydrogens (tertiary/aromatic N) is 3. The maximum atomic E-state index is 12.6. The van der Waals surface area contributed by atoms with E-state index in [-0.39, 0.29) is 12.5 Å². The van der Waals surface area contributed by atoms with Crippen molar-refractivity contribution in [1.29, 1.82) is 0 Å². The molecule has 0 aliphatic carbocycles. The molecule has 2 N–H and O–H groups in total. The lowest BCUT2D eigenvalue weighted by atomic mass is 10.00. The number of carbonyl (C=O) groups is 1. The molecular weight excluding hydrogens is 296 g/mol. The van der Waals surface area contributed by atoms with E-state index in [2.05, 4.69) is 15.4 Å². The topological polar surface area (TPSA) is 91.3 Å². The average molecular weight is 316 g/mol. The summed E-state index contributed by atoms with van der Waals surface area (Å²) in [4.78, 5) is 14.3. The Balaban J connectivity index is 1.72. The number of hydrogen-bond donors (Lipinski definition) is 2. The van der Waals surface area contributed by atoms with E-state index in [0.29, 0.717) is 36.6 Å². The van der Waals surface area contributed by atoms with Gasteiger partial charge in [0.1, 0.15) is 17.0 Å². The number of hydrogen-bond acceptors (Lipinski definition) is 5. The molecule has 122 valence electrons. The first kappa shape index (κ1) is 15.5. The number of rotatable bonds is 5. The second kappa shape index (κ2) is 6.37. The highest BCUT2D eigenvalue weighted by Gasteiger charge is 2.41. The fourth-order valence-corrected chi connectivity index (χ4v) is 2.72. The van der Waals surface area contributed by atoms with Crippen molar-refractivity contribution >= 4 is 5.91 Å². The Hall–Kier alpha value is -2.41. The van der Waals surface area contributed by atoms with E-state index in [4.69, 9.17) is 4.74 Å². The van der Waals surface area contributed by atoms with Gasteiger partial charge in [-0.05, 0) is 24.6 Å². The molecule has 2 aromatic rings. The lowest BCUT2D eigenvalue weighted by Crippen LogP contribution is -2.34. The molecule has 3 rings (SSSR count). The largest absolute Gasteiger partial charge is 0.494 e. The van der Waals surface area contributed by atoms with Gasteiger partial charge in [-0.1, -0.05) is 13.0 Å². The van der Waals surface area contributed by atoms with Crippen molar-refractivity contribution in [2.45, 2.75) is 25.4 Å². The van der Waals surface area contributed by atoms with Crippen LogP contribution in [0.3, 0.4) is 0 Å². The predicted molar refractivity (Wildman–Crippen MR) is 83.0 cm³/mol. The van der Waals surface area contributed by atoms with Crippen LogP contribution >= 0.6 is 0 Å². The van der Waals surface area contributed by atoms with E-state index >= 15 is 0 Å². The summed E-state index contributed by atoms with van der Waals surface area (Å²) in [7, 11) is 0. The van der Waals surface area contributed by atoms with Crippen LogP contribution in [0.1, 0.15) is 35.8 Å². The third kappa shape index (κ3) is 3.19.